The molecule has 0 atom stereocenters. The minimum atomic E-state index is -0.0589. The number of para-hydroxylation sites is 1. The molecular formula is C17H16N4OS. The van der Waals surface area contributed by atoms with Crippen LogP contribution in [0.3, 0.4) is 0 Å². The minimum Gasteiger partial charge on any atom is -0.321 e. The van der Waals surface area contributed by atoms with E-state index in [1.807, 2.05) is 30.3 Å². The van der Waals surface area contributed by atoms with E-state index in [0.29, 0.717) is 5.82 Å². The lowest BCUT2D eigenvalue weighted by molar-refractivity contribution is 0.103. The van der Waals surface area contributed by atoms with Crippen molar-refractivity contribution >= 4 is 22.9 Å². The van der Waals surface area contributed by atoms with E-state index in [2.05, 4.69) is 20.5 Å². The van der Waals surface area contributed by atoms with Crippen LogP contribution in [-0.2, 0) is 12.8 Å². The van der Waals surface area contributed by atoms with Crippen LogP contribution >= 0.6 is 11.3 Å². The Balaban J connectivity index is 1.61. The highest BCUT2D eigenvalue weighted by molar-refractivity contribution is 7.14. The molecule has 0 spiro atoms. The fraction of sp³-hybridized carbons (Fsp3) is 0.235. The minimum absolute atomic E-state index is 0.0589. The summed E-state index contributed by atoms with van der Waals surface area (Å²) in [5, 5.41) is 9.72. The highest BCUT2D eigenvalue weighted by Gasteiger charge is 2.18. The van der Waals surface area contributed by atoms with E-state index in [1.54, 1.807) is 11.3 Å². The van der Waals surface area contributed by atoms with Gasteiger partial charge in [-0.05, 0) is 49.4 Å². The molecule has 0 saturated heterocycles. The fourth-order valence-corrected chi connectivity index (χ4v) is 4.07. The third-order valence-corrected chi connectivity index (χ3v) is 5.30. The van der Waals surface area contributed by atoms with Crippen molar-refractivity contribution in [3.8, 4) is 11.4 Å². The standard InChI is InChI=1S/C17H16N4OS/c22-17(15-9-11-5-1-4-8-14(11)23-15)20-13-7-3-2-6-12(13)16-18-10-19-21-16/h2-3,6-7,9-10H,1,4-5,8H2,(H,20,22)(H,18,19,21). The average molecular weight is 324 g/mol. The van der Waals surface area contributed by atoms with Crippen LogP contribution in [0.1, 0.15) is 33.0 Å². The third-order valence-electron chi connectivity index (χ3n) is 4.07. The predicted molar refractivity (Wildman–Crippen MR) is 90.7 cm³/mol. The van der Waals surface area contributed by atoms with Gasteiger partial charge >= 0.3 is 0 Å². The highest BCUT2D eigenvalue weighted by atomic mass is 32.1. The monoisotopic (exact) mass is 324 g/mol. The van der Waals surface area contributed by atoms with Crippen LogP contribution < -0.4 is 5.32 Å². The normalized spacial score (nSPS) is 13.6. The Bertz CT molecular complexity index is 815. The Hall–Kier alpha value is -2.47. The lowest BCUT2D eigenvalue weighted by Gasteiger charge is -2.08. The van der Waals surface area contributed by atoms with Gasteiger partial charge in [0.2, 0.25) is 0 Å². The lowest BCUT2D eigenvalue weighted by Crippen LogP contribution is -2.11. The molecule has 2 N–H and O–H groups in total. The summed E-state index contributed by atoms with van der Waals surface area (Å²) in [6.07, 6.45) is 6.10. The first-order valence-electron chi connectivity index (χ1n) is 7.69. The molecule has 1 aromatic carbocycles. The van der Waals surface area contributed by atoms with Gasteiger partial charge in [0.15, 0.2) is 5.82 Å². The van der Waals surface area contributed by atoms with Crippen LogP contribution in [-0.4, -0.2) is 21.1 Å². The molecule has 4 rings (SSSR count). The lowest BCUT2D eigenvalue weighted by atomic mass is 9.99. The van der Waals surface area contributed by atoms with E-state index in [4.69, 9.17) is 0 Å². The quantitative estimate of drug-likeness (QED) is 0.772. The molecule has 2 aromatic heterocycles. The second-order valence-electron chi connectivity index (χ2n) is 5.60. The number of anilines is 1. The number of hydrogen-bond acceptors (Lipinski definition) is 4. The molecule has 6 heteroatoms. The van der Waals surface area contributed by atoms with Gasteiger partial charge in [-0.2, -0.15) is 5.10 Å². The summed E-state index contributed by atoms with van der Waals surface area (Å²) in [5.41, 5.74) is 2.91. The van der Waals surface area contributed by atoms with Gasteiger partial charge < -0.3 is 5.32 Å². The van der Waals surface area contributed by atoms with Gasteiger partial charge in [0, 0.05) is 10.4 Å². The summed E-state index contributed by atoms with van der Waals surface area (Å²) in [6.45, 7) is 0. The number of H-pyrrole nitrogens is 1. The molecular weight excluding hydrogens is 308 g/mol. The number of nitrogens with zero attached hydrogens (tertiary/aromatic N) is 2. The summed E-state index contributed by atoms with van der Waals surface area (Å²) in [4.78, 5) is 18.9. The maximum absolute atomic E-state index is 12.6. The number of carbonyl (C=O) groups is 1. The zero-order chi connectivity index (χ0) is 15.6. The molecule has 0 radical (unpaired) electrons. The van der Waals surface area contributed by atoms with E-state index in [1.165, 1.54) is 29.6 Å². The fourth-order valence-electron chi connectivity index (χ4n) is 2.92. The first kappa shape index (κ1) is 14.1. The maximum Gasteiger partial charge on any atom is 0.265 e. The second kappa shape index (κ2) is 5.96. The Morgan fingerprint density at radius 3 is 2.91 bits per heavy atom. The Morgan fingerprint density at radius 1 is 1.22 bits per heavy atom. The van der Waals surface area contributed by atoms with Gasteiger partial charge in [0.25, 0.3) is 5.91 Å². The van der Waals surface area contributed by atoms with Crippen molar-refractivity contribution in [1.29, 1.82) is 0 Å². The number of hydrogen-bond donors (Lipinski definition) is 2. The number of nitrogens with one attached hydrogen (secondary N) is 2. The topological polar surface area (TPSA) is 70.7 Å². The van der Waals surface area contributed by atoms with E-state index in [0.717, 1.165) is 29.0 Å². The smallest absolute Gasteiger partial charge is 0.265 e. The number of carbonyl (C=O) groups excluding carboxylic acids is 1. The largest absolute Gasteiger partial charge is 0.321 e. The molecule has 5 nitrogen and oxygen atoms in total. The van der Waals surface area contributed by atoms with E-state index in [-0.39, 0.29) is 5.91 Å². The molecule has 23 heavy (non-hydrogen) atoms. The van der Waals surface area contributed by atoms with Crippen LogP contribution in [0.25, 0.3) is 11.4 Å². The van der Waals surface area contributed by atoms with Gasteiger partial charge in [0.05, 0.1) is 10.6 Å². The summed E-state index contributed by atoms with van der Waals surface area (Å²) >= 11 is 1.62. The van der Waals surface area contributed by atoms with Crippen LogP contribution in [0.2, 0.25) is 0 Å². The number of thiophene rings is 1. The SMILES string of the molecule is O=C(Nc1ccccc1-c1ncn[nH]1)c1cc2c(s1)CCCC2. The summed E-state index contributed by atoms with van der Waals surface area (Å²) in [6, 6.07) is 9.65. The van der Waals surface area contributed by atoms with Crippen LogP contribution in [0.4, 0.5) is 5.69 Å². The van der Waals surface area contributed by atoms with E-state index >= 15 is 0 Å². The van der Waals surface area contributed by atoms with Crippen molar-refractivity contribution in [2.45, 2.75) is 25.7 Å². The van der Waals surface area contributed by atoms with Crippen molar-refractivity contribution in [2.24, 2.45) is 0 Å². The number of fused-ring (bicyclic) bond motifs is 1. The maximum atomic E-state index is 12.6. The molecule has 0 fully saturated rings. The van der Waals surface area contributed by atoms with E-state index in [9.17, 15) is 4.79 Å². The predicted octanol–water partition coefficient (Wildman–Crippen LogP) is 3.66. The zero-order valence-electron chi connectivity index (χ0n) is 12.5. The molecule has 0 saturated carbocycles. The van der Waals surface area contributed by atoms with Crippen LogP contribution in [0.5, 0.6) is 0 Å². The zero-order valence-corrected chi connectivity index (χ0v) is 13.3. The highest BCUT2D eigenvalue weighted by Crippen LogP contribution is 2.31. The number of rotatable bonds is 3. The van der Waals surface area contributed by atoms with Crippen molar-refractivity contribution in [3.05, 3.63) is 52.0 Å². The van der Waals surface area contributed by atoms with Gasteiger partial charge in [-0.15, -0.1) is 11.3 Å². The summed E-state index contributed by atoms with van der Waals surface area (Å²) in [5.74, 6) is 0.586. The van der Waals surface area contributed by atoms with Gasteiger partial charge in [-0.1, -0.05) is 12.1 Å². The number of benzene rings is 1. The number of aromatic amines is 1. The molecule has 0 aliphatic heterocycles. The van der Waals surface area contributed by atoms with Crippen molar-refractivity contribution in [1.82, 2.24) is 15.2 Å². The average Bonchev–Trinajstić information content (AvgIpc) is 3.25. The van der Waals surface area contributed by atoms with Crippen LogP contribution in [0.15, 0.2) is 36.7 Å². The molecule has 1 aliphatic carbocycles. The first-order valence-corrected chi connectivity index (χ1v) is 8.50. The Kier molecular flexibility index (Phi) is 3.67. The second-order valence-corrected chi connectivity index (χ2v) is 6.74. The number of amides is 1. The Morgan fingerprint density at radius 2 is 2.09 bits per heavy atom. The molecule has 2 heterocycles. The molecule has 1 aliphatic rings. The first-order chi connectivity index (χ1) is 11.3. The molecule has 0 unspecified atom stereocenters. The Labute approximate surface area is 137 Å². The van der Waals surface area contributed by atoms with Gasteiger partial charge in [-0.25, -0.2) is 4.98 Å². The van der Waals surface area contributed by atoms with Crippen molar-refractivity contribution in [3.63, 3.8) is 0 Å². The molecule has 3 aromatic rings. The van der Waals surface area contributed by atoms with Gasteiger partial charge in [-0.3, -0.25) is 9.89 Å². The van der Waals surface area contributed by atoms with Crippen molar-refractivity contribution < 1.29 is 4.79 Å². The van der Waals surface area contributed by atoms with Crippen LogP contribution in [0, 0.1) is 0 Å². The summed E-state index contributed by atoms with van der Waals surface area (Å²) < 4.78 is 0. The number of aromatic nitrogens is 3. The molecule has 0 bridgehead atoms. The van der Waals surface area contributed by atoms with E-state index < -0.39 is 0 Å². The third kappa shape index (κ3) is 2.77. The van der Waals surface area contributed by atoms with Gasteiger partial charge in [0.1, 0.15) is 6.33 Å². The summed E-state index contributed by atoms with van der Waals surface area (Å²) in [7, 11) is 0. The molecule has 1 amide bonds. The number of aryl methyl sites for hydroxylation is 2. The molecule has 116 valence electrons. The van der Waals surface area contributed by atoms with Crippen molar-refractivity contribution in [2.75, 3.05) is 5.32 Å².